The summed E-state index contributed by atoms with van der Waals surface area (Å²) in [6.45, 7) is 0.144. The van der Waals surface area contributed by atoms with Crippen molar-refractivity contribution in [3.8, 4) is 11.8 Å². The third kappa shape index (κ3) is 3.48. The predicted octanol–water partition coefficient (Wildman–Crippen LogP) is 0.457. The SMILES string of the molecule is COc1cccc(C(=O)NC/C(N)=C/N(N)C2(C#N)CC2)c1. The van der Waals surface area contributed by atoms with Gasteiger partial charge in [0, 0.05) is 17.5 Å². The number of amides is 1. The summed E-state index contributed by atoms with van der Waals surface area (Å²) >= 11 is 0. The highest BCUT2D eigenvalue weighted by atomic mass is 16.5. The minimum absolute atomic E-state index is 0.144. The number of methoxy groups -OCH3 is 1. The summed E-state index contributed by atoms with van der Waals surface area (Å²) in [5, 5.41) is 13.0. The summed E-state index contributed by atoms with van der Waals surface area (Å²) in [7, 11) is 1.54. The maximum Gasteiger partial charge on any atom is 0.251 e. The fraction of sp³-hybridized carbons (Fsp3) is 0.333. The van der Waals surface area contributed by atoms with Crippen LogP contribution in [0.3, 0.4) is 0 Å². The average Bonchev–Trinajstić information content (AvgIpc) is 3.34. The van der Waals surface area contributed by atoms with E-state index in [0.717, 1.165) is 12.8 Å². The quantitative estimate of drug-likeness (QED) is 0.519. The minimum atomic E-state index is -0.637. The van der Waals surface area contributed by atoms with Crippen LogP contribution in [0.4, 0.5) is 0 Å². The highest BCUT2D eigenvalue weighted by molar-refractivity contribution is 5.94. The zero-order valence-corrected chi connectivity index (χ0v) is 12.4. The van der Waals surface area contributed by atoms with Crippen molar-refractivity contribution in [2.24, 2.45) is 11.6 Å². The number of ether oxygens (including phenoxy) is 1. The molecule has 0 aliphatic heterocycles. The maximum atomic E-state index is 12.0. The predicted molar refractivity (Wildman–Crippen MR) is 81.2 cm³/mol. The summed E-state index contributed by atoms with van der Waals surface area (Å²) in [5.74, 6) is 6.15. The van der Waals surface area contributed by atoms with Gasteiger partial charge in [0.15, 0.2) is 0 Å². The highest BCUT2D eigenvalue weighted by Gasteiger charge is 2.47. The molecule has 7 nitrogen and oxygen atoms in total. The van der Waals surface area contributed by atoms with Gasteiger partial charge in [-0.2, -0.15) is 5.26 Å². The maximum absolute atomic E-state index is 12.0. The van der Waals surface area contributed by atoms with Crippen molar-refractivity contribution in [1.29, 1.82) is 5.26 Å². The molecule has 1 saturated carbocycles. The lowest BCUT2D eigenvalue weighted by Gasteiger charge is -2.20. The largest absolute Gasteiger partial charge is 0.497 e. The Kier molecular flexibility index (Phi) is 4.53. The summed E-state index contributed by atoms with van der Waals surface area (Å²) in [6.07, 6.45) is 2.93. The minimum Gasteiger partial charge on any atom is -0.497 e. The van der Waals surface area contributed by atoms with Crippen molar-refractivity contribution in [3.05, 3.63) is 41.7 Å². The van der Waals surface area contributed by atoms with Crippen molar-refractivity contribution in [2.75, 3.05) is 13.7 Å². The number of rotatable bonds is 6. The Hall–Kier alpha value is -2.72. The molecule has 2 rings (SSSR count). The van der Waals surface area contributed by atoms with Gasteiger partial charge in [-0.05, 0) is 31.0 Å². The van der Waals surface area contributed by atoms with Crippen molar-refractivity contribution in [1.82, 2.24) is 10.3 Å². The van der Waals surface area contributed by atoms with Gasteiger partial charge in [-0.3, -0.25) is 9.80 Å². The van der Waals surface area contributed by atoms with Crippen LogP contribution in [0.25, 0.3) is 0 Å². The van der Waals surface area contributed by atoms with Gasteiger partial charge in [-0.15, -0.1) is 0 Å². The second-order valence-electron chi connectivity index (χ2n) is 5.17. The van der Waals surface area contributed by atoms with Crippen molar-refractivity contribution >= 4 is 5.91 Å². The van der Waals surface area contributed by atoms with Crippen LogP contribution >= 0.6 is 0 Å². The molecule has 0 atom stereocenters. The van der Waals surface area contributed by atoms with Crippen LogP contribution in [0.15, 0.2) is 36.2 Å². The Balaban J connectivity index is 1.91. The molecule has 0 radical (unpaired) electrons. The van der Waals surface area contributed by atoms with Gasteiger partial charge < -0.3 is 15.8 Å². The molecule has 0 aromatic heterocycles. The van der Waals surface area contributed by atoms with E-state index in [1.807, 2.05) is 0 Å². The molecule has 5 N–H and O–H groups in total. The molecule has 1 aliphatic rings. The Morgan fingerprint density at radius 1 is 1.59 bits per heavy atom. The van der Waals surface area contributed by atoms with Crippen molar-refractivity contribution < 1.29 is 9.53 Å². The van der Waals surface area contributed by atoms with Crippen molar-refractivity contribution in [3.63, 3.8) is 0 Å². The molecule has 0 bridgehead atoms. The van der Waals surface area contributed by atoms with Gasteiger partial charge in [-0.1, -0.05) is 6.07 Å². The zero-order chi connectivity index (χ0) is 16.2. The number of carbonyl (C=O) groups excluding carboxylic acids is 1. The Bertz CT molecular complexity index is 631. The Morgan fingerprint density at radius 3 is 2.91 bits per heavy atom. The first-order valence-corrected chi connectivity index (χ1v) is 6.84. The van der Waals surface area contributed by atoms with E-state index in [9.17, 15) is 4.79 Å². The first-order chi connectivity index (χ1) is 10.5. The van der Waals surface area contributed by atoms with Gasteiger partial charge in [0.05, 0.1) is 19.7 Å². The molecule has 116 valence electrons. The van der Waals surface area contributed by atoms with Crippen LogP contribution in [0, 0.1) is 11.3 Å². The Labute approximate surface area is 129 Å². The van der Waals surface area contributed by atoms with Gasteiger partial charge in [0.1, 0.15) is 11.3 Å². The number of carbonyl (C=O) groups is 1. The monoisotopic (exact) mass is 301 g/mol. The van der Waals surface area contributed by atoms with Crippen LogP contribution in [0.1, 0.15) is 23.2 Å². The van der Waals surface area contributed by atoms with E-state index < -0.39 is 5.54 Å². The molecule has 0 heterocycles. The number of nitrogens with one attached hydrogen (secondary N) is 1. The van der Waals surface area contributed by atoms with E-state index in [1.165, 1.54) is 18.3 Å². The van der Waals surface area contributed by atoms with Crippen LogP contribution in [-0.4, -0.2) is 30.1 Å². The first-order valence-electron chi connectivity index (χ1n) is 6.84. The van der Waals surface area contributed by atoms with Gasteiger partial charge >= 0.3 is 0 Å². The van der Waals surface area contributed by atoms with E-state index in [1.54, 1.807) is 24.3 Å². The molecular formula is C15H19N5O2. The van der Waals surface area contributed by atoms with Crippen LogP contribution in [0.5, 0.6) is 5.75 Å². The third-order valence-corrected chi connectivity index (χ3v) is 3.52. The zero-order valence-electron chi connectivity index (χ0n) is 12.4. The van der Waals surface area contributed by atoms with E-state index in [-0.39, 0.29) is 12.5 Å². The number of nitriles is 1. The summed E-state index contributed by atoms with van der Waals surface area (Å²) < 4.78 is 5.07. The number of hydrogen-bond acceptors (Lipinski definition) is 6. The van der Waals surface area contributed by atoms with Gasteiger partial charge in [0.25, 0.3) is 5.91 Å². The number of hydrogen-bond donors (Lipinski definition) is 3. The molecular weight excluding hydrogens is 282 g/mol. The molecule has 1 aromatic rings. The normalized spacial score (nSPS) is 15.6. The topological polar surface area (TPSA) is 117 Å². The van der Waals surface area contributed by atoms with Gasteiger partial charge in [0.2, 0.25) is 0 Å². The number of hydrazine groups is 1. The summed E-state index contributed by atoms with van der Waals surface area (Å²) in [6, 6.07) is 8.97. The average molecular weight is 301 g/mol. The smallest absolute Gasteiger partial charge is 0.251 e. The van der Waals surface area contributed by atoms with E-state index in [0.29, 0.717) is 17.0 Å². The molecule has 0 unspecified atom stereocenters. The molecule has 0 saturated heterocycles. The second-order valence-corrected chi connectivity index (χ2v) is 5.17. The lowest BCUT2D eigenvalue weighted by Crippen LogP contribution is -2.39. The Morgan fingerprint density at radius 2 is 2.32 bits per heavy atom. The summed E-state index contributed by atoms with van der Waals surface area (Å²) in [4.78, 5) is 12.0. The number of nitrogens with zero attached hydrogens (tertiary/aromatic N) is 2. The highest BCUT2D eigenvalue weighted by Crippen LogP contribution is 2.39. The number of benzene rings is 1. The third-order valence-electron chi connectivity index (χ3n) is 3.52. The number of nitrogens with two attached hydrogens (primary N) is 2. The van der Waals surface area contributed by atoms with Gasteiger partial charge in [-0.25, -0.2) is 5.84 Å². The fourth-order valence-corrected chi connectivity index (χ4v) is 1.94. The molecule has 22 heavy (non-hydrogen) atoms. The van der Waals surface area contributed by atoms with E-state index in [4.69, 9.17) is 21.6 Å². The van der Waals surface area contributed by atoms with E-state index in [2.05, 4.69) is 11.4 Å². The molecule has 1 aromatic carbocycles. The first kappa shape index (κ1) is 15.7. The second kappa shape index (κ2) is 6.37. The molecule has 1 amide bonds. The molecule has 1 fully saturated rings. The molecule has 7 heteroatoms. The van der Waals surface area contributed by atoms with E-state index >= 15 is 0 Å². The van der Waals surface area contributed by atoms with Crippen LogP contribution in [0.2, 0.25) is 0 Å². The molecule has 1 aliphatic carbocycles. The standard InChI is InChI=1S/C15H19N5O2/c1-22-13-4-2-3-11(7-13)14(21)19-8-12(17)9-20(18)15(10-16)5-6-15/h2-4,7,9H,5-6,8,17-18H2,1H3,(H,19,21)/b12-9-. The lowest BCUT2D eigenvalue weighted by molar-refractivity contribution is 0.0956. The van der Waals surface area contributed by atoms with Crippen LogP contribution < -0.4 is 21.6 Å². The van der Waals surface area contributed by atoms with Crippen molar-refractivity contribution in [2.45, 2.75) is 18.4 Å². The fourth-order valence-electron chi connectivity index (χ4n) is 1.94. The summed E-state index contributed by atoms with van der Waals surface area (Å²) in [5.41, 5.74) is 6.04. The van der Waals surface area contributed by atoms with Crippen LogP contribution in [-0.2, 0) is 0 Å². The molecule has 0 spiro atoms. The lowest BCUT2D eigenvalue weighted by atomic mass is 10.2.